The van der Waals surface area contributed by atoms with Gasteiger partial charge in [-0.05, 0) is 23.3 Å². The minimum atomic E-state index is -1.16. The standard InChI is InChI=1S/C21H21NO5/c23-21(24)27-20-15-10-22(11-16(15)20)9-13-5-7-14(8-6-13)19-12-25-17-3-1-2-4-18(17)26-19/h1-8,15-16,19-20H,9-12H2,(H,23,24)/t15-,16+,19-,20+/m1/s1. The molecule has 1 N–H and O–H groups in total. The van der Waals surface area contributed by atoms with Gasteiger partial charge in [-0.1, -0.05) is 36.4 Å². The zero-order valence-electron chi connectivity index (χ0n) is 14.8. The molecule has 2 aromatic carbocycles. The Hall–Kier alpha value is -2.73. The van der Waals surface area contributed by atoms with Gasteiger partial charge in [-0.3, -0.25) is 4.90 Å². The molecule has 3 aliphatic rings. The lowest BCUT2D eigenvalue weighted by Crippen LogP contribution is -2.26. The molecule has 6 heteroatoms. The first-order valence-electron chi connectivity index (χ1n) is 9.26. The molecule has 2 aliphatic heterocycles. The molecular weight excluding hydrogens is 346 g/mol. The molecule has 0 amide bonds. The Morgan fingerprint density at radius 2 is 1.78 bits per heavy atom. The van der Waals surface area contributed by atoms with Gasteiger partial charge < -0.3 is 19.3 Å². The van der Waals surface area contributed by atoms with Crippen molar-refractivity contribution in [3.63, 3.8) is 0 Å². The van der Waals surface area contributed by atoms with E-state index in [2.05, 4.69) is 29.2 Å². The van der Waals surface area contributed by atoms with E-state index in [0.29, 0.717) is 18.4 Å². The van der Waals surface area contributed by atoms with Gasteiger partial charge in [0, 0.05) is 31.5 Å². The van der Waals surface area contributed by atoms with Crippen LogP contribution in [0.4, 0.5) is 4.79 Å². The lowest BCUT2D eigenvalue weighted by atomic mass is 10.1. The number of fused-ring (bicyclic) bond motifs is 2. The number of para-hydroxylation sites is 2. The number of benzene rings is 2. The van der Waals surface area contributed by atoms with Crippen LogP contribution in [0.3, 0.4) is 0 Å². The summed E-state index contributed by atoms with van der Waals surface area (Å²) < 4.78 is 16.8. The average Bonchev–Trinajstić information content (AvgIpc) is 3.11. The molecule has 1 aliphatic carbocycles. The Morgan fingerprint density at radius 1 is 1.07 bits per heavy atom. The van der Waals surface area contributed by atoms with Gasteiger partial charge >= 0.3 is 6.16 Å². The van der Waals surface area contributed by atoms with Gasteiger partial charge in [0.15, 0.2) is 17.6 Å². The van der Waals surface area contributed by atoms with Crippen LogP contribution in [0.2, 0.25) is 0 Å². The van der Waals surface area contributed by atoms with E-state index in [9.17, 15) is 4.79 Å². The highest BCUT2D eigenvalue weighted by Gasteiger charge is 2.58. The first kappa shape index (κ1) is 16.4. The van der Waals surface area contributed by atoms with Crippen molar-refractivity contribution in [2.75, 3.05) is 19.7 Å². The van der Waals surface area contributed by atoms with Crippen LogP contribution in [0, 0.1) is 11.8 Å². The predicted molar refractivity (Wildman–Crippen MR) is 96.9 cm³/mol. The molecule has 5 rings (SSSR count). The fraction of sp³-hybridized carbons (Fsp3) is 0.381. The zero-order chi connectivity index (χ0) is 18.4. The van der Waals surface area contributed by atoms with Crippen molar-refractivity contribution in [1.29, 1.82) is 0 Å². The van der Waals surface area contributed by atoms with Gasteiger partial charge in [0.1, 0.15) is 12.7 Å². The van der Waals surface area contributed by atoms with Gasteiger partial charge in [0.25, 0.3) is 0 Å². The van der Waals surface area contributed by atoms with E-state index in [0.717, 1.165) is 36.7 Å². The molecule has 0 spiro atoms. The molecule has 4 atom stereocenters. The third-order valence-corrected chi connectivity index (χ3v) is 5.69. The third-order valence-electron chi connectivity index (χ3n) is 5.69. The van der Waals surface area contributed by atoms with Crippen molar-refractivity contribution in [1.82, 2.24) is 4.90 Å². The normalized spacial score (nSPS) is 28.4. The lowest BCUT2D eigenvalue weighted by Gasteiger charge is -2.27. The summed E-state index contributed by atoms with van der Waals surface area (Å²) >= 11 is 0. The summed E-state index contributed by atoms with van der Waals surface area (Å²) in [4.78, 5) is 13.0. The second kappa shape index (κ2) is 6.46. The zero-order valence-corrected chi connectivity index (χ0v) is 14.8. The van der Waals surface area contributed by atoms with E-state index in [1.807, 2.05) is 24.3 Å². The fourth-order valence-electron chi connectivity index (χ4n) is 4.26. The fourth-order valence-corrected chi connectivity index (χ4v) is 4.26. The summed E-state index contributed by atoms with van der Waals surface area (Å²) in [5.41, 5.74) is 2.35. The quantitative estimate of drug-likeness (QED) is 0.836. The largest absolute Gasteiger partial charge is 0.506 e. The Bertz CT molecular complexity index is 840. The lowest BCUT2D eigenvalue weighted by molar-refractivity contribution is 0.0674. The molecule has 2 fully saturated rings. The topological polar surface area (TPSA) is 68.2 Å². The van der Waals surface area contributed by atoms with E-state index < -0.39 is 6.16 Å². The van der Waals surface area contributed by atoms with Crippen LogP contribution in [0.5, 0.6) is 11.5 Å². The highest BCUT2D eigenvalue weighted by molar-refractivity contribution is 5.57. The number of carboxylic acid groups (broad SMARTS) is 1. The van der Waals surface area contributed by atoms with Crippen LogP contribution in [0.15, 0.2) is 48.5 Å². The van der Waals surface area contributed by atoms with E-state index >= 15 is 0 Å². The Morgan fingerprint density at radius 3 is 2.48 bits per heavy atom. The van der Waals surface area contributed by atoms with E-state index in [-0.39, 0.29) is 12.2 Å². The SMILES string of the molecule is O=C(O)O[C@H]1[C@@H]2CN(Cc3ccc([C@H]4COc5ccccc5O4)cc3)C[C@@H]21. The second-order valence-corrected chi connectivity index (χ2v) is 7.48. The Kier molecular flexibility index (Phi) is 3.93. The number of rotatable bonds is 4. The molecule has 1 saturated heterocycles. The highest BCUT2D eigenvalue weighted by atomic mass is 16.7. The first-order valence-corrected chi connectivity index (χ1v) is 9.26. The van der Waals surface area contributed by atoms with Crippen LogP contribution < -0.4 is 9.47 Å². The molecular formula is C21H21NO5. The summed E-state index contributed by atoms with van der Waals surface area (Å²) in [5, 5.41) is 8.71. The number of hydrogen-bond acceptors (Lipinski definition) is 5. The van der Waals surface area contributed by atoms with E-state index in [1.165, 1.54) is 5.56 Å². The summed E-state index contributed by atoms with van der Waals surface area (Å²) in [6, 6.07) is 16.2. The van der Waals surface area contributed by atoms with Crippen LogP contribution >= 0.6 is 0 Å². The van der Waals surface area contributed by atoms with Gasteiger partial charge in [-0.25, -0.2) is 4.79 Å². The van der Waals surface area contributed by atoms with Crippen LogP contribution in [0.1, 0.15) is 17.2 Å². The molecule has 0 aromatic heterocycles. The number of ether oxygens (including phenoxy) is 3. The molecule has 0 unspecified atom stereocenters. The van der Waals surface area contributed by atoms with Crippen molar-refractivity contribution in [2.45, 2.75) is 18.8 Å². The smallest absolute Gasteiger partial charge is 0.485 e. The summed E-state index contributed by atoms with van der Waals surface area (Å²) in [6.45, 7) is 3.19. The predicted octanol–water partition coefficient (Wildman–Crippen LogP) is 3.32. The van der Waals surface area contributed by atoms with E-state index in [1.54, 1.807) is 0 Å². The minimum absolute atomic E-state index is 0.0903. The molecule has 2 aromatic rings. The second-order valence-electron chi connectivity index (χ2n) is 7.48. The maximum atomic E-state index is 10.6. The van der Waals surface area contributed by atoms with Crippen molar-refractivity contribution >= 4 is 6.16 Å². The maximum absolute atomic E-state index is 10.6. The molecule has 2 heterocycles. The van der Waals surface area contributed by atoms with Gasteiger partial charge in [-0.15, -0.1) is 0 Å². The molecule has 27 heavy (non-hydrogen) atoms. The minimum Gasteiger partial charge on any atom is -0.485 e. The summed E-state index contributed by atoms with van der Waals surface area (Å²) in [5.74, 6) is 2.32. The highest BCUT2D eigenvalue weighted by Crippen LogP contribution is 2.48. The number of piperidine rings is 1. The molecule has 6 nitrogen and oxygen atoms in total. The number of nitrogens with zero attached hydrogens (tertiary/aromatic N) is 1. The Labute approximate surface area is 157 Å². The molecule has 140 valence electrons. The molecule has 0 radical (unpaired) electrons. The number of hydrogen-bond donors (Lipinski definition) is 1. The van der Waals surface area contributed by atoms with Crippen LogP contribution in [0.25, 0.3) is 0 Å². The summed E-state index contributed by atoms with van der Waals surface area (Å²) in [7, 11) is 0. The number of carbonyl (C=O) groups is 1. The van der Waals surface area contributed by atoms with Crippen molar-refractivity contribution in [3.05, 3.63) is 59.7 Å². The van der Waals surface area contributed by atoms with Gasteiger partial charge in [-0.2, -0.15) is 0 Å². The van der Waals surface area contributed by atoms with Crippen LogP contribution in [-0.2, 0) is 11.3 Å². The number of likely N-dealkylation sites (tertiary alicyclic amines) is 1. The van der Waals surface area contributed by atoms with Crippen molar-refractivity contribution in [3.8, 4) is 11.5 Å². The maximum Gasteiger partial charge on any atom is 0.506 e. The Balaban J connectivity index is 1.17. The third kappa shape index (κ3) is 3.21. The van der Waals surface area contributed by atoms with Crippen molar-refractivity contribution in [2.24, 2.45) is 11.8 Å². The summed E-state index contributed by atoms with van der Waals surface area (Å²) in [6.07, 6.45) is -1.34. The monoisotopic (exact) mass is 367 g/mol. The average molecular weight is 367 g/mol. The van der Waals surface area contributed by atoms with Crippen LogP contribution in [-0.4, -0.2) is 42.0 Å². The molecule has 1 saturated carbocycles. The van der Waals surface area contributed by atoms with E-state index in [4.69, 9.17) is 19.3 Å². The molecule has 0 bridgehead atoms. The first-order chi connectivity index (χ1) is 13.2. The van der Waals surface area contributed by atoms with Gasteiger partial charge in [0.05, 0.1) is 0 Å². The van der Waals surface area contributed by atoms with Gasteiger partial charge in [0.2, 0.25) is 0 Å². The van der Waals surface area contributed by atoms with Crippen molar-refractivity contribution < 1.29 is 24.1 Å².